The lowest BCUT2D eigenvalue weighted by atomic mass is 9.77. The molecule has 0 bridgehead atoms. The van der Waals surface area contributed by atoms with E-state index in [2.05, 4.69) is 10.3 Å². The smallest absolute Gasteiger partial charge is 0.223 e. The number of amides is 1. The van der Waals surface area contributed by atoms with Gasteiger partial charge in [-0.25, -0.2) is 0 Å². The van der Waals surface area contributed by atoms with Crippen LogP contribution in [0.25, 0.3) is 0 Å². The molecule has 1 aliphatic carbocycles. The van der Waals surface area contributed by atoms with Crippen LogP contribution in [0.2, 0.25) is 0 Å². The summed E-state index contributed by atoms with van der Waals surface area (Å²) in [6, 6.07) is 3.79. The fourth-order valence-electron chi connectivity index (χ4n) is 2.45. The molecule has 1 aliphatic rings. The van der Waals surface area contributed by atoms with Gasteiger partial charge in [0.1, 0.15) is 0 Å². The number of nitrogens with one attached hydrogen (secondary N) is 1. The van der Waals surface area contributed by atoms with Crippen molar-refractivity contribution in [3.05, 3.63) is 30.1 Å². The predicted molar refractivity (Wildman–Crippen MR) is 72.0 cm³/mol. The van der Waals surface area contributed by atoms with E-state index in [4.69, 9.17) is 5.73 Å². The minimum atomic E-state index is -0.486. The molecule has 5 heteroatoms. The summed E-state index contributed by atoms with van der Waals surface area (Å²) in [5, 5.41) is 12.1. The zero-order valence-electron chi connectivity index (χ0n) is 11.0. The second-order valence-electron chi connectivity index (χ2n) is 5.37. The van der Waals surface area contributed by atoms with Gasteiger partial charge in [0, 0.05) is 30.4 Å². The fraction of sp³-hybridized carbons (Fsp3) is 0.571. The minimum absolute atomic E-state index is 0.00295. The van der Waals surface area contributed by atoms with Gasteiger partial charge >= 0.3 is 0 Å². The number of carbonyl (C=O) groups excluding carboxylic acids is 1. The number of carbonyl (C=O) groups is 1. The van der Waals surface area contributed by atoms with Crippen LogP contribution in [0.3, 0.4) is 0 Å². The fourth-order valence-corrected chi connectivity index (χ4v) is 2.45. The third kappa shape index (κ3) is 3.75. The Bertz CT molecular complexity index is 414. The Morgan fingerprint density at radius 1 is 1.53 bits per heavy atom. The first kappa shape index (κ1) is 14.0. The maximum atomic E-state index is 12.0. The van der Waals surface area contributed by atoms with Crippen LogP contribution >= 0.6 is 0 Å². The topological polar surface area (TPSA) is 88.2 Å². The van der Waals surface area contributed by atoms with E-state index in [1.54, 1.807) is 12.4 Å². The Hall–Kier alpha value is -1.46. The molecule has 0 aliphatic heterocycles. The number of hydrogen-bond acceptors (Lipinski definition) is 4. The van der Waals surface area contributed by atoms with E-state index in [1.807, 2.05) is 12.1 Å². The number of rotatable bonds is 4. The molecule has 1 fully saturated rings. The molecule has 0 aromatic carbocycles. The highest BCUT2D eigenvalue weighted by Crippen LogP contribution is 2.30. The molecule has 0 atom stereocenters. The minimum Gasteiger partial charge on any atom is -0.394 e. The quantitative estimate of drug-likeness (QED) is 0.741. The summed E-state index contributed by atoms with van der Waals surface area (Å²) in [5.41, 5.74) is 6.51. The summed E-state index contributed by atoms with van der Waals surface area (Å²) < 4.78 is 0. The Morgan fingerprint density at radius 2 is 2.26 bits per heavy atom. The molecular weight excluding hydrogens is 242 g/mol. The van der Waals surface area contributed by atoms with Gasteiger partial charge in [-0.15, -0.1) is 0 Å². The summed E-state index contributed by atoms with van der Waals surface area (Å²) in [7, 11) is 0. The van der Waals surface area contributed by atoms with Crippen molar-refractivity contribution in [3.63, 3.8) is 0 Å². The standard InChI is InChI=1S/C14H21N3O2/c15-14(10-18)5-3-12(4-6-14)13(19)17-9-11-2-1-7-16-8-11/h1-2,7-8,12,18H,3-6,9-10,15H2,(H,17,19). The summed E-state index contributed by atoms with van der Waals surface area (Å²) in [4.78, 5) is 16.0. The summed E-state index contributed by atoms with van der Waals surface area (Å²) in [5.74, 6) is 0.0868. The van der Waals surface area contributed by atoms with Crippen molar-refractivity contribution in [1.82, 2.24) is 10.3 Å². The van der Waals surface area contributed by atoms with Gasteiger partial charge in [-0.1, -0.05) is 6.07 Å². The first-order valence-corrected chi connectivity index (χ1v) is 6.69. The largest absolute Gasteiger partial charge is 0.394 e. The van der Waals surface area contributed by atoms with Crippen LogP contribution in [-0.2, 0) is 11.3 Å². The predicted octanol–water partition coefficient (Wildman–Crippen LogP) is 0.578. The molecule has 5 nitrogen and oxygen atoms in total. The third-order valence-electron chi connectivity index (χ3n) is 3.86. The number of nitrogens with zero attached hydrogens (tertiary/aromatic N) is 1. The zero-order chi connectivity index (χ0) is 13.7. The summed E-state index contributed by atoms with van der Waals surface area (Å²) in [6.45, 7) is 0.508. The molecule has 1 amide bonds. The van der Waals surface area contributed by atoms with Gasteiger partial charge in [0.15, 0.2) is 0 Å². The molecule has 104 valence electrons. The van der Waals surface area contributed by atoms with Gasteiger partial charge in [0.2, 0.25) is 5.91 Å². The van der Waals surface area contributed by atoms with Gasteiger partial charge in [0.25, 0.3) is 0 Å². The number of aromatic nitrogens is 1. The second kappa shape index (κ2) is 6.12. The molecule has 1 aromatic rings. The molecule has 4 N–H and O–H groups in total. The van der Waals surface area contributed by atoms with Crippen molar-refractivity contribution >= 4 is 5.91 Å². The monoisotopic (exact) mass is 263 g/mol. The molecule has 1 heterocycles. The summed E-state index contributed by atoms with van der Waals surface area (Å²) >= 11 is 0. The van der Waals surface area contributed by atoms with Gasteiger partial charge in [-0.2, -0.15) is 0 Å². The second-order valence-corrected chi connectivity index (χ2v) is 5.37. The highest BCUT2D eigenvalue weighted by molar-refractivity contribution is 5.78. The van der Waals surface area contributed by atoms with E-state index in [9.17, 15) is 9.90 Å². The normalized spacial score (nSPS) is 26.9. The van der Waals surface area contributed by atoms with Crippen LogP contribution in [-0.4, -0.2) is 28.1 Å². The average molecular weight is 263 g/mol. The molecule has 0 spiro atoms. The van der Waals surface area contributed by atoms with Crippen LogP contribution < -0.4 is 11.1 Å². The molecule has 1 saturated carbocycles. The first-order chi connectivity index (χ1) is 9.13. The van der Waals surface area contributed by atoms with Gasteiger partial charge < -0.3 is 16.2 Å². The molecule has 0 radical (unpaired) electrons. The van der Waals surface area contributed by atoms with E-state index in [1.165, 1.54) is 0 Å². The Labute approximate surface area is 113 Å². The number of hydrogen-bond donors (Lipinski definition) is 3. The van der Waals surface area contributed by atoms with Crippen LogP contribution in [0.15, 0.2) is 24.5 Å². The lowest BCUT2D eigenvalue weighted by molar-refractivity contribution is -0.126. The van der Waals surface area contributed by atoms with Crippen LogP contribution in [0.5, 0.6) is 0 Å². The maximum absolute atomic E-state index is 12.0. The highest BCUT2D eigenvalue weighted by Gasteiger charge is 2.33. The van der Waals surface area contributed by atoms with Crippen LogP contribution in [0.4, 0.5) is 0 Å². The van der Waals surface area contributed by atoms with E-state index in [0.717, 1.165) is 18.4 Å². The molecule has 19 heavy (non-hydrogen) atoms. The lowest BCUT2D eigenvalue weighted by Crippen LogP contribution is -2.48. The Balaban J connectivity index is 1.79. The van der Waals surface area contributed by atoms with Gasteiger partial charge in [-0.05, 0) is 37.3 Å². The van der Waals surface area contributed by atoms with E-state index in [0.29, 0.717) is 19.4 Å². The molecule has 1 aromatic heterocycles. The average Bonchev–Trinajstić information content (AvgIpc) is 2.47. The number of aliphatic hydroxyl groups excluding tert-OH is 1. The van der Waals surface area contributed by atoms with Crippen molar-refractivity contribution in [3.8, 4) is 0 Å². The Morgan fingerprint density at radius 3 is 2.84 bits per heavy atom. The van der Waals surface area contributed by atoms with Crippen LogP contribution in [0.1, 0.15) is 31.2 Å². The van der Waals surface area contributed by atoms with Crippen molar-refractivity contribution in [2.24, 2.45) is 11.7 Å². The van der Waals surface area contributed by atoms with Crippen molar-refractivity contribution < 1.29 is 9.90 Å². The third-order valence-corrected chi connectivity index (χ3v) is 3.86. The van der Waals surface area contributed by atoms with Crippen molar-refractivity contribution in [2.45, 2.75) is 37.8 Å². The maximum Gasteiger partial charge on any atom is 0.223 e. The highest BCUT2D eigenvalue weighted by atomic mass is 16.3. The van der Waals surface area contributed by atoms with E-state index < -0.39 is 5.54 Å². The van der Waals surface area contributed by atoms with E-state index >= 15 is 0 Å². The molecule has 0 saturated heterocycles. The lowest BCUT2D eigenvalue weighted by Gasteiger charge is -2.35. The SMILES string of the molecule is NC1(CO)CCC(C(=O)NCc2cccnc2)CC1. The first-order valence-electron chi connectivity index (χ1n) is 6.69. The van der Waals surface area contributed by atoms with Crippen LogP contribution in [0, 0.1) is 5.92 Å². The summed E-state index contributed by atoms with van der Waals surface area (Å²) in [6.07, 6.45) is 6.36. The van der Waals surface area contributed by atoms with Gasteiger partial charge in [-0.3, -0.25) is 9.78 Å². The molecule has 0 unspecified atom stereocenters. The zero-order valence-corrected chi connectivity index (χ0v) is 11.0. The van der Waals surface area contributed by atoms with Gasteiger partial charge in [0.05, 0.1) is 6.61 Å². The molecule has 2 rings (SSSR count). The van der Waals surface area contributed by atoms with E-state index in [-0.39, 0.29) is 18.4 Å². The molecular formula is C14H21N3O2. The number of nitrogens with two attached hydrogens (primary N) is 1. The number of aliphatic hydroxyl groups is 1. The van der Waals surface area contributed by atoms with Crippen molar-refractivity contribution in [2.75, 3.05) is 6.61 Å². The Kier molecular flexibility index (Phi) is 4.50. The number of pyridine rings is 1. The van der Waals surface area contributed by atoms with Crippen molar-refractivity contribution in [1.29, 1.82) is 0 Å².